The third-order valence-electron chi connectivity index (χ3n) is 1.37. The number of unbranched alkanes of at least 4 members (excludes halogenated alkanes) is 1. The average Bonchev–Trinajstić information content (AvgIpc) is 2.08. The lowest BCUT2D eigenvalue weighted by atomic mass is 10.3. The molecule has 0 aromatic heterocycles. The molecule has 4 heteroatoms. The molecule has 0 rings (SSSR count). The summed E-state index contributed by atoms with van der Waals surface area (Å²) in [6, 6.07) is 0. The molecule has 80 valence electrons. The second kappa shape index (κ2) is 8.29. The number of hydrogen-bond donors (Lipinski definition) is 0. The Morgan fingerprint density at radius 1 is 1.07 bits per heavy atom. The Kier molecular flexibility index (Phi) is 7.50. The van der Waals surface area contributed by atoms with E-state index in [0.29, 0.717) is 13.2 Å². The molecule has 0 unspecified atom stereocenters. The average molecular weight is 200 g/mol. The van der Waals surface area contributed by atoms with E-state index in [2.05, 4.69) is 4.74 Å². The molecular formula is C10H16O4. The van der Waals surface area contributed by atoms with Crippen LogP contribution in [0.2, 0.25) is 0 Å². The summed E-state index contributed by atoms with van der Waals surface area (Å²) in [5.74, 6) is -0.538. The fourth-order valence-corrected chi connectivity index (χ4v) is 0.768. The zero-order valence-corrected chi connectivity index (χ0v) is 8.62. The first kappa shape index (κ1) is 12.7. The molecule has 0 saturated heterocycles. The number of hydrogen-bond acceptors (Lipinski definition) is 4. The van der Waals surface area contributed by atoms with Gasteiger partial charge in [0, 0.05) is 13.8 Å². The Labute approximate surface area is 83.9 Å². The minimum atomic E-state index is -0.283. The van der Waals surface area contributed by atoms with Crippen LogP contribution in [-0.2, 0) is 19.1 Å². The third-order valence-corrected chi connectivity index (χ3v) is 1.37. The highest BCUT2D eigenvalue weighted by Gasteiger charge is 1.90. The molecule has 0 fully saturated rings. The fraction of sp³-hybridized carbons (Fsp3) is 0.600. The zero-order valence-electron chi connectivity index (χ0n) is 8.62. The first-order valence-electron chi connectivity index (χ1n) is 4.54. The van der Waals surface area contributed by atoms with Crippen LogP contribution in [0.1, 0.15) is 26.7 Å². The van der Waals surface area contributed by atoms with E-state index in [-0.39, 0.29) is 11.9 Å². The topological polar surface area (TPSA) is 52.6 Å². The van der Waals surface area contributed by atoms with E-state index in [1.54, 1.807) is 6.08 Å². The maximum absolute atomic E-state index is 10.4. The summed E-state index contributed by atoms with van der Waals surface area (Å²) in [6.07, 6.45) is 5.27. The van der Waals surface area contributed by atoms with Crippen molar-refractivity contribution in [2.45, 2.75) is 26.7 Å². The molecule has 0 amide bonds. The Hall–Kier alpha value is -1.32. The lowest BCUT2D eigenvalue weighted by Gasteiger charge is -1.98. The van der Waals surface area contributed by atoms with Crippen molar-refractivity contribution in [1.82, 2.24) is 0 Å². The van der Waals surface area contributed by atoms with Gasteiger partial charge in [-0.2, -0.15) is 0 Å². The third kappa shape index (κ3) is 10.7. The molecule has 4 nitrogen and oxygen atoms in total. The van der Waals surface area contributed by atoms with E-state index < -0.39 is 0 Å². The first-order valence-corrected chi connectivity index (χ1v) is 4.54. The van der Waals surface area contributed by atoms with Crippen LogP contribution >= 0.6 is 0 Å². The van der Waals surface area contributed by atoms with Gasteiger partial charge in [0.2, 0.25) is 0 Å². The second-order valence-electron chi connectivity index (χ2n) is 2.76. The molecule has 0 aliphatic rings. The maximum Gasteiger partial charge on any atom is 0.302 e. The predicted octanol–water partition coefficient (Wildman–Crippen LogP) is 1.45. The quantitative estimate of drug-likeness (QED) is 0.370. The van der Waals surface area contributed by atoms with Gasteiger partial charge in [0.05, 0.1) is 6.61 Å². The minimum Gasteiger partial charge on any atom is -0.466 e. The Balaban J connectivity index is 3.19. The number of rotatable bonds is 6. The van der Waals surface area contributed by atoms with Gasteiger partial charge in [-0.15, -0.1) is 0 Å². The molecular weight excluding hydrogens is 184 g/mol. The summed E-state index contributed by atoms with van der Waals surface area (Å²) in [4.78, 5) is 20.7. The van der Waals surface area contributed by atoms with Crippen molar-refractivity contribution in [2.24, 2.45) is 0 Å². The van der Waals surface area contributed by atoms with Gasteiger partial charge >= 0.3 is 11.9 Å². The van der Waals surface area contributed by atoms with Gasteiger partial charge in [-0.25, -0.2) is 0 Å². The largest absolute Gasteiger partial charge is 0.466 e. The number of carbonyl (C=O) groups excluding carboxylic acids is 2. The SMILES string of the molecule is CC(=O)OC/C=C/CCCOC(C)=O. The molecule has 0 aromatic rings. The molecule has 0 N–H and O–H groups in total. The maximum atomic E-state index is 10.4. The normalized spacial score (nSPS) is 10.1. The van der Waals surface area contributed by atoms with Gasteiger partial charge < -0.3 is 9.47 Å². The number of carbonyl (C=O) groups is 2. The van der Waals surface area contributed by atoms with Gasteiger partial charge in [0.1, 0.15) is 6.61 Å². The minimum absolute atomic E-state index is 0.256. The van der Waals surface area contributed by atoms with Crippen LogP contribution in [0.15, 0.2) is 12.2 Å². The fourth-order valence-electron chi connectivity index (χ4n) is 0.768. The second-order valence-corrected chi connectivity index (χ2v) is 2.76. The van der Waals surface area contributed by atoms with Crippen LogP contribution < -0.4 is 0 Å². The summed E-state index contributed by atoms with van der Waals surface area (Å²) in [5.41, 5.74) is 0. The van der Waals surface area contributed by atoms with E-state index in [1.807, 2.05) is 6.08 Å². The molecule has 0 bridgehead atoms. The molecule has 14 heavy (non-hydrogen) atoms. The van der Waals surface area contributed by atoms with Crippen LogP contribution in [0.4, 0.5) is 0 Å². The van der Waals surface area contributed by atoms with Gasteiger partial charge in [-0.1, -0.05) is 12.2 Å². The smallest absolute Gasteiger partial charge is 0.302 e. The highest BCUT2D eigenvalue weighted by Crippen LogP contribution is 1.92. The van der Waals surface area contributed by atoms with Crippen LogP contribution in [0, 0.1) is 0 Å². The zero-order chi connectivity index (χ0) is 10.8. The molecule has 0 saturated carbocycles. The van der Waals surface area contributed by atoms with E-state index >= 15 is 0 Å². The van der Waals surface area contributed by atoms with Gasteiger partial charge in [-0.3, -0.25) is 9.59 Å². The first-order chi connectivity index (χ1) is 6.63. The van der Waals surface area contributed by atoms with Crippen LogP contribution in [-0.4, -0.2) is 25.2 Å². The van der Waals surface area contributed by atoms with Crippen molar-refractivity contribution in [3.63, 3.8) is 0 Å². The van der Waals surface area contributed by atoms with E-state index in [1.165, 1.54) is 13.8 Å². The van der Waals surface area contributed by atoms with Crippen LogP contribution in [0.25, 0.3) is 0 Å². The Bertz CT molecular complexity index is 208. The Morgan fingerprint density at radius 2 is 1.71 bits per heavy atom. The number of ether oxygens (including phenoxy) is 2. The van der Waals surface area contributed by atoms with Crippen LogP contribution in [0.3, 0.4) is 0 Å². The highest BCUT2D eigenvalue weighted by atomic mass is 16.5. The summed E-state index contributed by atoms with van der Waals surface area (Å²) in [5, 5.41) is 0. The number of allylic oxidation sites excluding steroid dienone is 1. The van der Waals surface area contributed by atoms with Crippen LogP contribution in [0.5, 0.6) is 0 Å². The van der Waals surface area contributed by atoms with Gasteiger partial charge in [0.15, 0.2) is 0 Å². The van der Waals surface area contributed by atoms with Crippen molar-refractivity contribution >= 4 is 11.9 Å². The molecule has 0 aliphatic heterocycles. The molecule has 0 spiro atoms. The van der Waals surface area contributed by atoms with Crippen molar-refractivity contribution in [3.8, 4) is 0 Å². The lowest BCUT2D eigenvalue weighted by molar-refractivity contribution is -0.141. The summed E-state index contributed by atoms with van der Waals surface area (Å²) in [6.45, 7) is 3.50. The van der Waals surface area contributed by atoms with Gasteiger partial charge in [0.25, 0.3) is 0 Å². The number of esters is 2. The standard InChI is InChI=1S/C10H16O4/c1-9(11)13-7-5-3-4-6-8-14-10(2)12/h3,5H,4,6-8H2,1-2H3/b5-3+. The monoisotopic (exact) mass is 200 g/mol. The highest BCUT2D eigenvalue weighted by molar-refractivity contribution is 5.66. The van der Waals surface area contributed by atoms with E-state index in [0.717, 1.165) is 12.8 Å². The molecule has 0 radical (unpaired) electrons. The summed E-state index contributed by atoms with van der Waals surface area (Å²) in [7, 11) is 0. The summed E-state index contributed by atoms with van der Waals surface area (Å²) < 4.78 is 9.40. The molecule has 0 heterocycles. The lowest BCUT2D eigenvalue weighted by Crippen LogP contribution is -2.00. The Morgan fingerprint density at radius 3 is 2.29 bits per heavy atom. The predicted molar refractivity (Wildman–Crippen MR) is 51.6 cm³/mol. The molecule has 0 aromatic carbocycles. The van der Waals surface area contributed by atoms with Crippen molar-refractivity contribution in [1.29, 1.82) is 0 Å². The van der Waals surface area contributed by atoms with E-state index in [9.17, 15) is 9.59 Å². The van der Waals surface area contributed by atoms with Gasteiger partial charge in [-0.05, 0) is 12.8 Å². The van der Waals surface area contributed by atoms with Crippen molar-refractivity contribution in [2.75, 3.05) is 13.2 Å². The van der Waals surface area contributed by atoms with E-state index in [4.69, 9.17) is 4.74 Å². The molecule has 0 aliphatic carbocycles. The molecule has 0 atom stereocenters. The van der Waals surface area contributed by atoms with Crippen molar-refractivity contribution in [3.05, 3.63) is 12.2 Å². The van der Waals surface area contributed by atoms with Crippen molar-refractivity contribution < 1.29 is 19.1 Å². The summed E-state index contributed by atoms with van der Waals surface area (Å²) >= 11 is 0.